The molecule has 0 heterocycles. The number of benzene rings is 1. The van der Waals surface area contributed by atoms with Crippen molar-refractivity contribution in [1.82, 2.24) is 5.32 Å². The molecule has 86 valence electrons. The summed E-state index contributed by atoms with van der Waals surface area (Å²) in [6, 6.07) is 4.46. The second-order valence-corrected chi connectivity index (χ2v) is 4.83. The number of rotatable bonds is 2. The summed E-state index contributed by atoms with van der Waals surface area (Å²) in [5.74, 6) is -0.378. The van der Waals surface area contributed by atoms with Crippen LogP contribution in [0, 0.1) is 12.7 Å². The van der Waals surface area contributed by atoms with Crippen LogP contribution < -0.4 is 5.32 Å². The third-order valence-corrected chi connectivity index (χ3v) is 3.29. The van der Waals surface area contributed by atoms with Gasteiger partial charge in [-0.25, -0.2) is 4.39 Å². The molecule has 0 atom stereocenters. The van der Waals surface area contributed by atoms with E-state index in [1.807, 2.05) is 6.92 Å². The first kappa shape index (κ1) is 11.1. The predicted octanol–water partition coefficient (Wildman–Crippen LogP) is 2.81. The highest BCUT2D eigenvalue weighted by molar-refractivity contribution is 5.94. The summed E-state index contributed by atoms with van der Waals surface area (Å²) >= 11 is 0. The van der Waals surface area contributed by atoms with Crippen molar-refractivity contribution in [3.63, 3.8) is 0 Å². The van der Waals surface area contributed by atoms with Crippen molar-refractivity contribution in [2.24, 2.45) is 0 Å². The molecule has 0 bridgehead atoms. The topological polar surface area (TPSA) is 29.1 Å². The Bertz CT molecular complexity index is 424. The molecule has 0 aliphatic heterocycles. The quantitative estimate of drug-likeness (QED) is 0.817. The van der Waals surface area contributed by atoms with Crippen LogP contribution in [0.25, 0.3) is 0 Å². The summed E-state index contributed by atoms with van der Waals surface area (Å²) in [7, 11) is 0. The molecule has 2 rings (SSSR count). The minimum Gasteiger partial charge on any atom is -0.347 e. The Morgan fingerprint density at radius 2 is 2.12 bits per heavy atom. The summed E-state index contributed by atoms with van der Waals surface area (Å²) in [5.41, 5.74) is 0.984. The Morgan fingerprint density at radius 1 is 1.44 bits per heavy atom. The van der Waals surface area contributed by atoms with Gasteiger partial charge in [-0.2, -0.15) is 0 Å². The smallest absolute Gasteiger partial charge is 0.251 e. The first-order valence-electron chi connectivity index (χ1n) is 5.59. The van der Waals surface area contributed by atoms with E-state index in [1.165, 1.54) is 18.6 Å². The van der Waals surface area contributed by atoms with Gasteiger partial charge in [0, 0.05) is 11.1 Å². The van der Waals surface area contributed by atoms with Crippen LogP contribution in [0.3, 0.4) is 0 Å². The molecule has 0 saturated heterocycles. The number of nitrogens with one attached hydrogen (secondary N) is 1. The normalized spacial score (nSPS) is 17.7. The predicted molar refractivity (Wildman–Crippen MR) is 60.9 cm³/mol. The van der Waals surface area contributed by atoms with Gasteiger partial charge in [0.1, 0.15) is 5.82 Å². The Morgan fingerprint density at radius 3 is 2.62 bits per heavy atom. The fourth-order valence-electron chi connectivity index (χ4n) is 1.96. The number of carbonyl (C=O) groups is 1. The van der Waals surface area contributed by atoms with Gasteiger partial charge < -0.3 is 5.32 Å². The number of carbonyl (C=O) groups excluding carboxylic acids is 1. The van der Waals surface area contributed by atoms with E-state index in [0.29, 0.717) is 11.1 Å². The highest BCUT2D eigenvalue weighted by Crippen LogP contribution is 2.31. The average Bonchev–Trinajstić information content (AvgIpc) is 2.19. The van der Waals surface area contributed by atoms with Crippen molar-refractivity contribution in [2.45, 2.75) is 38.6 Å². The Labute approximate surface area is 94.9 Å². The van der Waals surface area contributed by atoms with Crippen molar-refractivity contribution < 1.29 is 9.18 Å². The molecular weight excluding hydrogens is 205 g/mol. The first-order valence-corrected chi connectivity index (χ1v) is 5.59. The molecule has 1 aliphatic rings. The van der Waals surface area contributed by atoms with Crippen LogP contribution in [0.15, 0.2) is 18.2 Å². The average molecular weight is 221 g/mol. The van der Waals surface area contributed by atoms with Gasteiger partial charge in [0.2, 0.25) is 0 Å². The van der Waals surface area contributed by atoms with E-state index >= 15 is 0 Å². The summed E-state index contributed by atoms with van der Waals surface area (Å²) < 4.78 is 13.0. The Hall–Kier alpha value is -1.38. The molecule has 1 saturated carbocycles. The summed E-state index contributed by atoms with van der Waals surface area (Å²) in [6.07, 6.45) is 3.22. The van der Waals surface area contributed by atoms with Gasteiger partial charge in [0.05, 0.1) is 0 Å². The molecule has 1 N–H and O–H groups in total. The number of amides is 1. The molecule has 0 spiro atoms. The molecule has 0 unspecified atom stereocenters. The largest absolute Gasteiger partial charge is 0.347 e. The third kappa shape index (κ3) is 2.08. The zero-order chi connectivity index (χ0) is 11.8. The van der Waals surface area contributed by atoms with Crippen molar-refractivity contribution in [1.29, 1.82) is 0 Å². The molecule has 2 nitrogen and oxygen atoms in total. The van der Waals surface area contributed by atoms with Crippen molar-refractivity contribution in [3.05, 3.63) is 35.1 Å². The lowest BCUT2D eigenvalue weighted by Gasteiger charge is -2.39. The molecule has 16 heavy (non-hydrogen) atoms. The molecular formula is C13H16FNO. The zero-order valence-electron chi connectivity index (χ0n) is 9.64. The minimum absolute atomic E-state index is 0.0562. The molecule has 1 aliphatic carbocycles. The van der Waals surface area contributed by atoms with Crippen LogP contribution >= 0.6 is 0 Å². The first-order chi connectivity index (χ1) is 7.50. The molecule has 1 fully saturated rings. The lowest BCUT2D eigenvalue weighted by Crippen LogP contribution is -2.50. The van der Waals surface area contributed by atoms with Crippen LogP contribution in [0.4, 0.5) is 4.39 Å². The molecule has 3 heteroatoms. The lowest BCUT2D eigenvalue weighted by atomic mass is 9.78. The van der Waals surface area contributed by atoms with Crippen LogP contribution in [0.1, 0.15) is 42.1 Å². The summed E-state index contributed by atoms with van der Waals surface area (Å²) in [6.45, 7) is 3.71. The zero-order valence-corrected chi connectivity index (χ0v) is 9.64. The van der Waals surface area contributed by atoms with Gasteiger partial charge in [0.15, 0.2) is 0 Å². The van der Waals surface area contributed by atoms with Crippen LogP contribution in [-0.2, 0) is 0 Å². The van der Waals surface area contributed by atoms with Gasteiger partial charge in [-0.15, -0.1) is 0 Å². The van der Waals surface area contributed by atoms with E-state index in [9.17, 15) is 9.18 Å². The van der Waals surface area contributed by atoms with Crippen LogP contribution in [0.2, 0.25) is 0 Å². The molecule has 0 radical (unpaired) electrons. The minimum atomic E-state index is -0.272. The van der Waals surface area contributed by atoms with E-state index in [-0.39, 0.29) is 17.3 Å². The number of halogens is 1. The van der Waals surface area contributed by atoms with Crippen molar-refractivity contribution >= 4 is 5.91 Å². The number of hydrogen-bond acceptors (Lipinski definition) is 1. The molecule has 0 aromatic heterocycles. The highest BCUT2D eigenvalue weighted by atomic mass is 19.1. The second kappa shape index (κ2) is 3.89. The maximum Gasteiger partial charge on any atom is 0.251 e. The van der Waals surface area contributed by atoms with Crippen LogP contribution in [-0.4, -0.2) is 11.4 Å². The summed E-state index contributed by atoms with van der Waals surface area (Å²) in [5, 5.41) is 2.99. The van der Waals surface area contributed by atoms with E-state index < -0.39 is 0 Å². The van der Waals surface area contributed by atoms with Gasteiger partial charge in [-0.05, 0) is 56.9 Å². The van der Waals surface area contributed by atoms with Crippen LogP contribution in [0.5, 0.6) is 0 Å². The van der Waals surface area contributed by atoms with Crippen molar-refractivity contribution in [2.75, 3.05) is 0 Å². The highest BCUT2D eigenvalue weighted by Gasteiger charge is 2.33. The fourth-order valence-corrected chi connectivity index (χ4v) is 1.96. The molecule has 1 aromatic rings. The van der Waals surface area contributed by atoms with E-state index in [2.05, 4.69) is 5.32 Å². The van der Waals surface area contributed by atoms with Gasteiger partial charge >= 0.3 is 0 Å². The number of aryl methyl sites for hydroxylation is 1. The standard InChI is InChI=1S/C13H16FNO/c1-9-8-10(4-5-11(9)14)12(16)15-13(2)6-3-7-13/h4-5,8H,3,6-7H2,1-2H3,(H,15,16). The third-order valence-electron chi connectivity index (χ3n) is 3.29. The maximum absolute atomic E-state index is 13.0. The van der Waals surface area contributed by atoms with Crippen molar-refractivity contribution in [3.8, 4) is 0 Å². The maximum atomic E-state index is 13.0. The lowest BCUT2D eigenvalue weighted by molar-refractivity contribution is 0.0850. The van der Waals surface area contributed by atoms with E-state index in [1.54, 1.807) is 13.0 Å². The molecule has 1 amide bonds. The monoisotopic (exact) mass is 221 g/mol. The van der Waals surface area contributed by atoms with E-state index in [4.69, 9.17) is 0 Å². The second-order valence-electron chi connectivity index (χ2n) is 4.83. The Kier molecular flexibility index (Phi) is 2.70. The van der Waals surface area contributed by atoms with Gasteiger partial charge in [-0.3, -0.25) is 4.79 Å². The number of hydrogen-bond donors (Lipinski definition) is 1. The fraction of sp³-hybridized carbons (Fsp3) is 0.462. The SMILES string of the molecule is Cc1cc(C(=O)NC2(C)CCC2)ccc1F. The van der Waals surface area contributed by atoms with Gasteiger partial charge in [0.25, 0.3) is 5.91 Å². The van der Waals surface area contributed by atoms with E-state index in [0.717, 1.165) is 12.8 Å². The summed E-state index contributed by atoms with van der Waals surface area (Å²) in [4.78, 5) is 11.9. The molecule has 1 aromatic carbocycles. The van der Waals surface area contributed by atoms with Gasteiger partial charge in [-0.1, -0.05) is 0 Å². The Balaban J connectivity index is 2.11.